The van der Waals surface area contributed by atoms with Gasteiger partial charge in [-0.3, -0.25) is 4.79 Å². The van der Waals surface area contributed by atoms with Gasteiger partial charge in [-0.25, -0.2) is 10.2 Å². The van der Waals surface area contributed by atoms with Crippen molar-refractivity contribution >= 4 is 18.1 Å². The smallest absolute Gasteiger partial charge is 0.341 e. The van der Waals surface area contributed by atoms with E-state index in [1.807, 2.05) is 0 Å². The number of rotatable bonds is 6. The summed E-state index contributed by atoms with van der Waals surface area (Å²) < 4.78 is 5.06. The number of nitrogens with zero attached hydrogens (tertiary/aromatic N) is 1. The number of carboxylic acid groups (broad SMARTS) is 1. The Morgan fingerprint density at radius 1 is 1.38 bits per heavy atom. The fourth-order valence-electron chi connectivity index (χ4n) is 3.89. The zero-order valence-electron chi connectivity index (χ0n) is 13.7. The van der Waals surface area contributed by atoms with Gasteiger partial charge in [0.05, 0.1) is 6.21 Å². The van der Waals surface area contributed by atoms with Gasteiger partial charge in [0.15, 0.2) is 6.61 Å². The standard InChI is InChI=1S/C18H22N2O4/c1-18-9-3-2-4-14(18)16(18)17(23)20-19-10-12-5-7-13(8-6-12)24-11-15(21)22/h5-8,10,14,16H,2-4,9,11H2,1H3,(H,20,23)(H,21,22)/b19-10-/t14-,16-,18-/m0/s1. The molecule has 6 nitrogen and oxygen atoms in total. The quantitative estimate of drug-likeness (QED) is 0.619. The van der Waals surface area contributed by atoms with Crippen LogP contribution in [-0.2, 0) is 9.59 Å². The molecule has 2 saturated carbocycles. The number of nitrogens with one attached hydrogen (secondary N) is 1. The summed E-state index contributed by atoms with van der Waals surface area (Å²) in [7, 11) is 0. The maximum absolute atomic E-state index is 12.3. The van der Waals surface area contributed by atoms with Gasteiger partial charge in [0.25, 0.3) is 0 Å². The lowest BCUT2D eigenvalue weighted by Crippen LogP contribution is -2.22. The third-order valence-corrected chi connectivity index (χ3v) is 5.24. The molecular weight excluding hydrogens is 308 g/mol. The third kappa shape index (κ3) is 3.42. The molecule has 0 aromatic heterocycles. The average molecular weight is 330 g/mol. The van der Waals surface area contributed by atoms with E-state index in [1.54, 1.807) is 30.5 Å². The van der Waals surface area contributed by atoms with Crippen molar-refractivity contribution in [2.45, 2.75) is 32.6 Å². The molecule has 0 unspecified atom stereocenters. The van der Waals surface area contributed by atoms with Gasteiger partial charge in [0, 0.05) is 5.92 Å². The van der Waals surface area contributed by atoms with Crippen LogP contribution in [-0.4, -0.2) is 29.8 Å². The highest BCUT2D eigenvalue weighted by Crippen LogP contribution is 2.66. The molecule has 2 aliphatic rings. The summed E-state index contributed by atoms with van der Waals surface area (Å²) in [6, 6.07) is 6.85. The summed E-state index contributed by atoms with van der Waals surface area (Å²) >= 11 is 0. The first-order valence-corrected chi connectivity index (χ1v) is 8.28. The number of amides is 1. The Kier molecular flexibility index (Phi) is 4.55. The van der Waals surface area contributed by atoms with Crippen LogP contribution in [0.15, 0.2) is 29.4 Å². The van der Waals surface area contributed by atoms with Gasteiger partial charge in [-0.2, -0.15) is 5.10 Å². The average Bonchev–Trinajstić information content (AvgIpc) is 3.19. The van der Waals surface area contributed by atoms with E-state index >= 15 is 0 Å². The van der Waals surface area contributed by atoms with E-state index in [4.69, 9.17) is 9.84 Å². The molecule has 0 saturated heterocycles. The SMILES string of the molecule is C[C@]12CCCC[C@H]1[C@H]2C(=O)N/N=C\c1ccc(OCC(=O)O)cc1. The fourth-order valence-corrected chi connectivity index (χ4v) is 3.89. The number of benzene rings is 1. The summed E-state index contributed by atoms with van der Waals surface area (Å²) in [6.45, 7) is 1.84. The van der Waals surface area contributed by atoms with E-state index in [9.17, 15) is 9.59 Å². The molecule has 1 aromatic carbocycles. The summed E-state index contributed by atoms with van der Waals surface area (Å²) in [6.07, 6.45) is 6.31. The number of ether oxygens (including phenoxy) is 1. The number of carboxylic acids is 1. The first-order chi connectivity index (χ1) is 11.5. The van der Waals surface area contributed by atoms with Gasteiger partial charge < -0.3 is 9.84 Å². The van der Waals surface area contributed by atoms with Crippen molar-refractivity contribution in [2.24, 2.45) is 22.4 Å². The Morgan fingerprint density at radius 2 is 2.12 bits per heavy atom. The Bertz CT molecular complexity index is 655. The molecule has 2 fully saturated rings. The minimum absolute atomic E-state index is 0.0158. The molecule has 0 bridgehead atoms. The molecule has 2 N–H and O–H groups in total. The topological polar surface area (TPSA) is 88.0 Å². The number of hydrazone groups is 1. The Balaban J connectivity index is 1.49. The van der Waals surface area contributed by atoms with Crippen LogP contribution in [0.4, 0.5) is 0 Å². The highest BCUT2D eigenvalue weighted by molar-refractivity contribution is 5.86. The largest absolute Gasteiger partial charge is 0.482 e. The predicted octanol–water partition coefficient (Wildman–Crippen LogP) is 2.43. The first-order valence-electron chi connectivity index (χ1n) is 8.28. The summed E-state index contributed by atoms with van der Waals surface area (Å²) in [4.78, 5) is 22.7. The van der Waals surface area contributed by atoms with E-state index in [0.29, 0.717) is 11.7 Å². The molecule has 1 amide bonds. The van der Waals surface area contributed by atoms with E-state index in [-0.39, 0.29) is 23.8 Å². The monoisotopic (exact) mass is 330 g/mol. The molecule has 0 radical (unpaired) electrons. The number of hydrogen-bond donors (Lipinski definition) is 2. The number of hydrogen-bond acceptors (Lipinski definition) is 4. The molecule has 6 heteroatoms. The fraction of sp³-hybridized carbons (Fsp3) is 0.500. The van der Waals surface area contributed by atoms with Crippen molar-refractivity contribution in [1.82, 2.24) is 5.43 Å². The lowest BCUT2D eigenvalue weighted by atomic mass is 9.90. The molecule has 2 aliphatic carbocycles. The van der Waals surface area contributed by atoms with Crippen LogP contribution in [0.2, 0.25) is 0 Å². The highest BCUT2D eigenvalue weighted by Gasteiger charge is 2.64. The summed E-state index contributed by atoms with van der Waals surface area (Å²) in [5, 5.41) is 12.6. The van der Waals surface area contributed by atoms with Gasteiger partial charge in [-0.15, -0.1) is 0 Å². The second kappa shape index (κ2) is 6.63. The maximum Gasteiger partial charge on any atom is 0.341 e. The Hall–Kier alpha value is -2.37. The van der Waals surface area contributed by atoms with Crippen molar-refractivity contribution in [1.29, 1.82) is 0 Å². The second-order valence-corrected chi connectivity index (χ2v) is 6.82. The summed E-state index contributed by atoms with van der Waals surface area (Å²) in [5.41, 5.74) is 3.64. The maximum atomic E-state index is 12.3. The van der Waals surface area contributed by atoms with Crippen molar-refractivity contribution in [3.63, 3.8) is 0 Å². The predicted molar refractivity (Wildman–Crippen MR) is 88.9 cm³/mol. The van der Waals surface area contributed by atoms with Gasteiger partial charge in [-0.05, 0) is 54.0 Å². The van der Waals surface area contributed by atoms with Crippen molar-refractivity contribution in [3.05, 3.63) is 29.8 Å². The van der Waals surface area contributed by atoms with Gasteiger partial charge in [-0.1, -0.05) is 19.8 Å². The second-order valence-electron chi connectivity index (χ2n) is 6.82. The molecular formula is C18H22N2O4. The van der Waals surface area contributed by atoms with Crippen LogP contribution in [0.1, 0.15) is 38.2 Å². The minimum atomic E-state index is -1.02. The molecule has 24 heavy (non-hydrogen) atoms. The van der Waals surface area contributed by atoms with Crippen LogP contribution < -0.4 is 10.2 Å². The lowest BCUT2D eigenvalue weighted by molar-refractivity contribution is -0.139. The van der Waals surface area contributed by atoms with Crippen molar-refractivity contribution in [2.75, 3.05) is 6.61 Å². The Labute approximate surface area is 140 Å². The third-order valence-electron chi connectivity index (χ3n) is 5.24. The van der Waals surface area contributed by atoms with Gasteiger partial charge in [0.1, 0.15) is 5.75 Å². The van der Waals surface area contributed by atoms with Crippen molar-refractivity contribution < 1.29 is 19.4 Å². The lowest BCUT2D eigenvalue weighted by Gasteiger charge is -2.15. The van der Waals surface area contributed by atoms with Crippen LogP contribution in [0.3, 0.4) is 0 Å². The van der Waals surface area contributed by atoms with E-state index in [2.05, 4.69) is 17.5 Å². The highest BCUT2D eigenvalue weighted by atomic mass is 16.5. The number of carbonyl (C=O) groups is 2. The molecule has 0 aliphatic heterocycles. The zero-order valence-corrected chi connectivity index (χ0v) is 13.7. The van der Waals surface area contributed by atoms with E-state index < -0.39 is 5.97 Å². The van der Waals surface area contributed by atoms with E-state index in [1.165, 1.54) is 12.8 Å². The normalized spacial score (nSPS) is 28.2. The zero-order chi connectivity index (χ0) is 17.2. The molecule has 3 rings (SSSR count). The van der Waals surface area contributed by atoms with E-state index in [0.717, 1.165) is 18.4 Å². The molecule has 0 heterocycles. The summed E-state index contributed by atoms with van der Waals surface area (Å²) in [5.74, 6) is 0.101. The molecule has 0 spiro atoms. The van der Waals surface area contributed by atoms with Crippen LogP contribution in [0.25, 0.3) is 0 Å². The van der Waals surface area contributed by atoms with Crippen molar-refractivity contribution in [3.8, 4) is 5.75 Å². The molecule has 3 atom stereocenters. The minimum Gasteiger partial charge on any atom is -0.482 e. The number of carbonyl (C=O) groups excluding carboxylic acids is 1. The van der Waals surface area contributed by atoms with Crippen LogP contribution >= 0.6 is 0 Å². The number of fused-ring (bicyclic) bond motifs is 1. The first kappa shape index (κ1) is 16.5. The molecule has 1 aromatic rings. The van der Waals surface area contributed by atoms with Crippen LogP contribution in [0.5, 0.6) is 5.75 Å². The van der Waals surface area contributed by atoms with Gasteiger partial charge >= 0.3 is 5.97 Å². The Morgan fingerprint density at radius 3 is 2.75 bits per heavy atom. The van der Waals surface area contributed by atoms with Gasteiger partial charge in [0.2, 0.25) is 5.91 Å². The number of aliphatic carboxylic acids is 1. The molecule has 128 valence electrons. The van der Waals surface area contributed by atoms with Crippen LogP contribution in [0, 0.1) is 17.3 Å².